The van der Waals surface area contributed by atoms with Crippen LogP contribution in [0.4, 0.5) is 17.2 Å². The zero-order valence-electron chi connectivity index (χ0n) is 22.5. The van der Waals surface area contributed by atoms with Gasteiger partial charge < -0.3 is 10.2 Å². The molecule has 0 fully saturated rings. The minimum Gasteiger partial charge on any atom is -0.375 e. The van der Waals surface area contributed by atoms with Crippen molar-refractivity contribution in [3.63, 3.8) is 0 Å². The molecule has 0 bridgehead atoms. The summed E-state index contributed by atoms with van der Waals surface area (Å²) in [6, 6.07) is 20.8. The minimum atomic E-state index is 0.0106. The molecule has 0 atom stereocenters. The first kappa shape index (κ1) is 25.8. The van der Waals surface area contributed by atoms with Gasteiger partial charge in [-0.1, -0.05) is 18.2 Å². The van der Waals surface area contributed by atoms with E-state index in [-0.39, 0.29) is 18.0 Å². The summed E-state index contributed by atoms with van der Waals surface area (Å²) in [5.74, 6) is 1.13. The number of nitrogens with one attached hydrogen (secondary N) is 1. The van der Waals surface area contributed by atoms with Gasteiger partial charge in [-0.2, -0.15) is 0 Å². The van der Waals surface area contributed by atoms with Gasteiger partial charge in [0.15, 0.2) is 28.9 Å². The highest BCUT2D eigenvalue weighted by atomic mass is 16.1. The lowest BCUT2D eigenvalue weighted by Crippen LogP contribution is -2.15. The lowest BCUT2D eigenvalue weighted by atomic mass is 9.95. The van der Waals surface area contributed by atoms with Crippen LogP contribution in [0.3, 0.4) is 0 Å². The molecular formula is C31H30N6O2. The molecule has 5 rings (SSSR count). The molecule has 8 nitrogen and oxygen atoms in total. The van der Waals surface area contributed by atoms with Crippen molar-refractivity contribution < 1.29 is 9.59 Å². The summed E-state index contributed by atoms with van der Waals surface area (Å²) in [6.45, 7) is 6.52. The molecule has 2 heterocycles. The Bertz CT molecular complexity index is 1660. The zero-order valence-corrected chi connectivity index (χ0v) is 22.5. The van der Waals surface area contributed by atoms with Crippen LogP contribution in [-0.4, -0.2) is 44.7 Å². The Balaban J connectivity index is 1.44. The van der Waals surface area contributed by atoms with Crippen molar-refractivity contribution in [1.82, 2.24) is 19.6 Å². The third kappa shape index (κ3) is 5.40. The Morgan fingerprint density at radius 2 is 1.69 bits per heavy atom. The molecule has 0 aliphatic rings. The first-order valence-corrected chi connectivity index (χ1v) is 12.9. The second-order valence-corrected chi connectivity index (χ2v) is 9.49. The molecule has 39 heavy (non-hydrogen) atoms. The molecule has 0 radical (unpaired) electrons. The number of Topliss-reactive ketones (excluding diaryl/α,β-unsaturated/α-hetero) is 2. The van der Waals surface area contributed by atoms with Crippen molar-refractivity contribution in [2.75, 3.05) is 23.8 Å². The minimum absolute atomic E-state index is 0.0106. The number of hydrogen-bond donors (Lipinski definition) is 1. The molecule has 2 aromatic heterocycles. The fourth-order valence-electron chi connectivity index (χ4n) is 4.43. The Morgan fingerprint density at radius 1 is 0.974 bits per heavy atom. The molecule has 0 aliphatic carbocycles. The highest BCUT2D eigenvalue weighted by molar-refractivity contribution is 5.98. The maximum Gasteiger partial charge on any atom is 0.197 e. The van der Waals surface area contributed by atoms with Gasteiger partial charge in [0.25, 0.3) is 0 Å². The van der Waals surface area contributed by atoms with Gasteiger partial charge in [0.05, 0.1) is 0 Å². The number of ketones is 2. The maximum atomic E-state index is 13.1. The topological polar surface area (TPSA) is 92.5 Å². The van der Waals surface area contributed by atoms with Gasteiger partial charge in [-0.05, 0) is 80.4 Å². The van der Waals surface area contributed by atoms with Gasteiger partial charge in [0.2, 0.25) is 0 Å². The SMILES string of the molecule is CCN(C)c1ccc(C(=O)Cc2cccc(-c3nc(Nc4ccc(C(C)=O)cc4)c4nccn4n3)c2C)cc1. The summed E-state index contributed by atoms with van der Waals surface area (Å²) in [4.78, 5) is 36.1. The van der Waals surface area contributed by atoms with E-state index in [0.717, 1.165) is 34.6 Å². The number of benzene rings is 3. The van der Waals surface area contributed by atoms with Crippen LogP contribution in [0.15, 0.2) is 79.1 Å². The predicted molar refractivity (Wildman–Crippen MR) is 154 cm³/mol. The summed E-state index contributed by atoms with van der Waals surface area (Å²) in [7, 11) is 2.03. The van der Waals surface area contributed by atoms with Gasteiger partial charge in [-0.25, -0.2) is 14.5 Å². The van der Waals surface area contributed by atoms with E-state index < -0.39 is 0 Å². The van der Waals surface area contributed by atoms with Gasteiger partial charge >= 0.3 is 0 Å². The van der Waals surface area contributed by atoms with E-state index in [9.17, 15) is 9.59 Å². The zero-order chi connectivity index (χ0) is 27.5. The molecule has 196 valence electrons. The van der Waals surface area contributed by atoms with Crippen LogP contribution in [0, 0.1) is 6.92 Å². The summed E-state index contributed by atoms with van der Waals surface area (Å²) in [6.07, 6.45) is 3.72. The molecule has 0 amide bonds. The van der Waals surface area contributed by atoms with Crippen molar-refractivity contribution in [2.45, 2.75) is 27.2 Å². The third-order valence-corrected chi connectivity index (χ3v) is 6.95. The van der Waals surface area contributed by atoms with Crippen LogP contribution in [0.2, 0.25) is 0 Å². The fraction of sp³-hybridized carbons (Fsp3) is 0.194. The third-order valence-electron chi connectivity index (χ3n) is 6.95. The predicted octanol–water partition coefficient (Wildman–Crippen LogP) is 5.93. The van der Waals surface area contributed by atoms with E-state index in [2.05, 4.69) is 27.2 Å². The Labute approximate surface area is 227 Å². The highest BCUT2D eigenvalue weighted by Gasteiger charge is 2.16. The average Bonchev–Trinajstić information content (AvgIpc) is 3.43. The average molecular weight is 519 g/mol. The number of imidazole rings is 1. The lowest BCUT2D eigenvalue weighted by Gasteiger charge is -2.17. The molecule has 5 aromatic rings. The van der Waals surface area contributed by atoms with Crippen molar-refractivity contribution >= 4 is 34.4 Å². The number of hydrogen-bond acceptors (Lipinski definition) is 7. The monoisotopic (exact) mass is 518 g/mol. The molecule has 1 N–H and O–H groups in total. The van der Waals surface area contributed by atoms with E-state index in [1.54, 1.807) is 36.0 Å². The number of anilines is 3. The van der Waals surface area contributed by atoms with Crippen molar-refractivity contribution in [3.05, 3.63) is 101 Å². The van der Waals surface area contributed by atoms with Gasteiger partial charge in [0.1, 0.15) is 0 Å². The fourth-order valence-corrected chi connectivity index (χ4v) is 4.43. The Kier molecular flexibility index (Phi) is 7.19. The van der Waals surface area contributed by atoms with Gasteiger partial charge in [0, 0.05) is 60.5 Å². The number of carbonyl (C=O) groups is 2. The van der Waals surface area contributed by atoms with E-state index in [1.807, 2.05) is 68.6 Å². The standard InChI is InChI=1S/C31H30N6O2/c1-5-36(4)26-15-11-23(12-16-26)28(39)19-24-7-6-8-27(20(24)2)29-34-30(31-32-17-18-37(31)35-29)33-25-13-9-22(10-14-25)21(3)38/h6-18H,5,19H2,1-4H3,(H,33,34,35). The summed E-state index contributed by atoms with van der Waals surface area (Å²) in [5.41, 5.74) is 6.48. The molecule has 0 saturated carbocycles. The van der Waals surface area contributed by atoms with E-state index >= 15 is 0 Å². The van der Waals surface area contributed by atoms with Crippen molar-refractivity contribution in [2.24, 2.45) is 0 Å². The highest BCUT2D eigenvalue weighted by Crippen LogP contribution is 2.27. The molecule has 0 aliphatic heterocycles. The second kappa shape index (κ2) is 10.9. The van der Waals surface area contributed by atoms with Crippen LogP contribution in [-0.2, 0) is 6.42 Å². The summed E-state index contributed by atoms with van der Waals surface area (Å²) < 4.78 is 1.68. The molecule has 8 heteroatoms. The first-order chi connectivity index (χ1) is 18.8. The maximum absolute atomic E-state index is 13.1. The van der Waals surface area contributed by atoms with E-state index in [4.69, 9.17) is 4.98 Å². The van der Waals surface area contributed by atoms with Crippen LogP contribution in [0.25, 0.3) is 17.0 Å². The van der Waals surface area contributed by atoms with Crippen molar-refractivity contribution in [3.8, 4) is 11.4 Å². The second-order valence-electron chi connectivity index (χ2n) is 9.49. The van der Waals surface area contributed by atoms with Crippen LogP contribution in [0.1, 0.15) is 45.7 Å². The number of rotatable bonds is 9. The normalized spacial score (nSPS) is 11.0. The van der Waals surface area contributed by atoms with Crippen LogP contribution in [0.5, 0.6) is 0 Å². The Hall–Kier alpha value is -4.85. The smallest absolute Gasteiger partial charge is 0.197 e. The van der Waals surface area contributed by atoms with Gasteiger partial charge in [-0.3, -0.25) is 9.59 Å². The molecule has 0 unspecified atom stereocenters. The van der Waals surface area contributed by atoms with Crippen LogP contribution >= 0.6 is 0 Å². The van der Waals surface area contributed by atoms with E-state index in [0.29, 0.717) is 28.4 Å². The lowest BCUT2D eigenvalue weighted by molar-refractivity contribution is 0.0990. The molecule has 3 aromatic carbocycles. The number of aromatic nitrogens is 4. The van der Waals surface area contributed by atoms with Gasteiger partial charge in [-0.15, -0.1) is 5.10 Å². The van der Waals surface area contributed by atoms with Crippen LogP contribution < -0.4 is 10.2 Å². The molecular weight excluding hydrogens is 488 g/mol. The number of carbonyl (C=O) groups excluding carboxylic acids is 2. The molecule has 0 saturated heterocycles. The van der Waals surface area contributed by atoms with E-state index in [1.165, 1.54) is 0 Å². The summed E-state index contributed by atoms with van der Waals surface area (Å²) in [5, 5.41) is 8.00. The Morgan fingerprint density at radius 3 is 2.38 bits per heavy atom. The summed E-state index contributed by atoms with van der Waals surface area (Å²) >= 11 is 0. The number of fused-ring (bicyclic) bond motifs is 1. The van der Waals surface area contributed by atoms with Crippen molar-refractivity contribution in [1.29, 1.82) is 0 Å². The molecule has 0 spiro atoms. The largest absolute Gasteiger partial charge is 0.375 e. The first-order valence-electron chi connectivity index (χ1n) is 12.9. The number of nitrogens with zero attached hydrogens (tertiary/aromatic N) is 5. The quantitative estimate of drug-likeness (QED) is 0.242.